The fraction of sp³-hybridized carbons (Fsp3) is 0.333. The summed E-state index contributed by atoms with van der Waals surface area (Å²) in [6.45, 7) is 8.29. The summed E-state index contributed by atoms with van der Waals surface area (Å²) < 4.78 is 2.49. The summed E-state index contributed by atoms with van der Waals surface area (Å²) in [5.41, 5.74) is -1.28. The van der Waals surface area contributed by atoms with Crippen LogP contribution in [0.5, 0.6) is 0 Å². The Bertz CT molecular complexity index is 999. The normalized spacial score (nSPS) is 11.6. The van der Waals surface area contributed by atoms with E-state index < -0.39 is 29.5 Å². The van der Waals surface area contributed by atoms with Crippen molar-refractivity contribution in [3.8, 4) is 0 Å². The zero-order valence-corrected chi connectivity index (χ0v) is 16.5. The van der Waals surface area contributed by atoms with Crippen LogP contribution in [0, 0.1) is 0 Å². The molecule has 1 aromatic heterocycles. The number of nitrogens with zero attached hydrogens (tertiary/aromatic N) is 3. The Morgan fingerprint density at radius 3 is 2.00 bits per heavy atom. The van der Waals surface area contributed by atoms with Gasteiger partial charge in [-0.15, -0.1) is 13.2 Å². The number of rotatable bonds is 10. The first-order chi connectivity index (χ1) is 13.9. The Hall–Kier alpha value is -3.42. The van der Waals surface area contributed by atoms with Crippen molar-refractivity contribution in [1.82, 2.24) is 19.0 Å². The van der Waals surface area contributed by atoms with E-state index in [2.05, 4.69) is 18.5 Å². The van der Waals surface area contributed by atoms with Gasteiger partial charge in [0.05, 0.1) is 13.1 Å². The van der Waals surface area contributed by atoms with Crippen LogP contribution in [0.2, 0.25) is 0 Å². The Kier molecular flexibility index (Phi) is 7.70. The van der Waals surface area contributed by atoms with Crippen molar-refractivity contribution in [2.45, 2.75) is 45.4 Å². The molecule has 0 aliphatic heterocycles. The topological polar surface area (TPSA) is 95.1 Å². The highest BCUT2D eigenvalue weighted by Crippen LogP contribution is 2.04. The second-order valence-corrected chi connectivity index (χ2v) is 6.73. The average molecular weight is 398 g/mol. The maximum Gasteiger partial charge on any atom is 0.337 e. The van der Waals surface area contributed by atoms with Crippen LogP contribution in [0.4, 0.5) is 0 Å². The van der Waals surface area contributed by atoms with Crippen molar-refractivity contribution in [2.24, 2.45) is 0 Å². The van der Waals surface area contributed by atoms with Gasteiger partial charge in [-0.25, -0.2) is 28.1 Å². The molecular weight excluding hydrogens is 372 g/mol. The Morgan fingerprint density at radius 2 is 1.48 bits per heavy atom. The van der Waals surface area contributed by atoms with Crippen molar-refractivity contribution in [1.29, 1.82) is 0 Å². The molecule has 0 aliphatic rings. The van der Waals surface area contributed by atoms with Crippen molar-refractivity contribution in [2.75, 3.05) is 0 Å². The van der Waals surface area contributed by atoms with Crippen LogP contribution in [0.25, 0.3) is 0 Å². The standard InChI is InChI=1S/C21H26N4O4/c1-4-13-23-19(27)24(14-5-2)21(29)25(20(23)28)15-18(26)22-16(3)11-12-17-9-7-6-8-10-17/h4-10,16H,1-2,11-15H2,3H3,(H,22,26)/t16-/m0/s1. The Labute approximate surface area is 168 Å². The van der Waals surface area contributed by atoms with Crippen LogP contribution in [0.1, 0.15) is 18.9 Å². The molecule has 8 nitrogen and oxygen atoms in total. The van der Waals surface area contributed by atoms with Crippen molar-refractivity contribution < 1.29 is 4.79 Å². The van der Waals surface area contributed by atoms with Crippen LogP contribution >= 0.6 is 0 Å². The summed E-state index contributed by atoms with van der Waals surface area (Å²) in [6, 6.07) is 9.73. The molecule has 2 rings (SSSR count). The van der Waals surface area contributed by atoms with E-state index in [9.17, 15) is 19.2 Å². The molecule has 0 saturated heterocycles. The van der Waals surface area contributed by atoms with E-state index in [-0.39, 0.29) is 19.1 Å². The third-order valence-electron chi connectivity index (χ3n) is 4.43. The molecule has 0 unspecified atom stereocenters. The van der Waals surface area contributed by atoms with Gasteiger partial charge in [-0.2, -0.15) is 0 Å². The summed E-state index contributed by atoms with van der Waals surface area (Å²) in [5, 5.41) is 2.80. The molecule has 1 aromatic carbocycles. The van der Waals surface area contributed by atoms with Gasteiger partial charge < -0.3 is 5.32 Å². The van der Waals surface area contributed by atoms with Crippen LogP contribution in [-0.2, 0) is 30.8 Å². The number of hydrogen-bond acceptors (Lipinski definition) is 4. The molecular formula is C21H26N4O4. The summed E-state index contributed by atoms with van der Waals surface area (Å²) in [7, 11) is 0. The summed E-state index contributed by atoms with van der Waals surface area (Å²) in [4.78, 5) is 49.9. The van der Waals surface area contributed by atoms with Crippen LogP contribution < -0.4 is 22.4 Å². The number of nitrogens with one attached hydrogen (secondary N) is 1. The second kappa shape index (κ2) is 10.2. The SMILES string of the molecule is C=CCn1c(=O)n(CC=C)c(=O)n(CC(=O)N[C@@H](C)CCc2ccccc2)c1=O. The van der Waals surface area contributed by atoms with Crippen LogP contribution in [0.15, 0.2) is 70.0 Å². The average Bonchev–Trinajstić information content (AvgIpc) is 2.71. The zero-order valence-electron chi connectivity index (χ0n) is 16.5. The highest BCUT2D eigenvalue weighted by Gasteiger charge is 2.17. The van der Waals surface area contributed by atoms with Gasteiger partial charge in [0.2, 0.25) is 5.91 Å². The summed E-state index contributed by atoms with van der Waals surface area (Å²) >= 11 is 0. The maximum atomic E-state index is 12.5. The highest BCUT2D eigenvalue weighted by molar-refractivity contribution is 5.75. The Morgan fingerprint density at radius 1 is 0.966 bits per heavy atom. The third-order valence-corrected chi connectivity index (χ3v) is 4.43. The monoisotopic (exact) mass is 398 g/mol. The molecule has 29 heavy (non-hydrogen) atoms. The molecule has 0 saturated carbocycles. The molecule has 1 N–H and O–H groups in total. The number of aryl methyl sites for hydroxylation is 1. The second-order valence-electron chi connectivity index (χ2n) is 6.73. The van der Waals surface area contributed by atoms with Gasteiger partial charge in [0.15, 0.2) is 0 Å². The fourth-order valence-electron chi connectivity index (χ4n) is 2.95. The largest absolute Gasteiger partial charge is 0.352 e. The molecule has 8 heteroatoms. The van der Waals surface area contributed by atoms with Crippen molar-refractivity contribution in [3.63, 3.8) is 0 Å². The number of allylic oxidation sites excluding steroid dienone is 2. The van der Waals surface area contributed by atoms with Gasteiger partial charge in [0.25, 0.3) is 0 Å². The molecule has 0 fully saturated rings. The van der Waals surface area contributed by atoms with E-state index in [4.69, 9.17) is 0 Å². The summed E-state index contributed by atoms with van der Waals surface area (Å²) in [6.07, 6.45) is 4.25. The van der Waals surface area contributed by atoms with E-state index in [0.29, 0.717) is 6.42 Å². The molecule has 0 spiro atoms. The smallest absolute Gasteiger partial charge is 0.337 e. The lowest BCUT2D eigenvalue weighted by Crippen LogP contribution is -2.55. The van der Waals surface area contributed by atoms with Gasteiger partial charge in [0.1, 0.15) is 6.54 Å². The number of carbonyl (C=O) groups is 1. The van der Waals surface area contributed by atoms with Crippen LogP contribution in [0.3, 0.4) is 0 Å². The van der Waals surface area contributed by atoms with E-state index in [0.717, 1.165) is 25.7 Å². The first-order valence-electron chi connectivity index (χ1n) is 9.38. The van der Waals surface area contributed by atoms with E-state index in [1.165, 1.54) is 12.2 Å². The molecule has 154 valence electrons. The summed E-state index contributed by atoms with van der Waals surface area (Å²) in [5.74, 6) is -0.473. The highest BCUT2D eigenvalue weighted by atomic mass is 16.2. The van der Waals surface area contributed by atoms with Gasteiger partial charge in [-0.1, -0.05) is 42.5 Å². The lowest BCUT2D eigenvalue weighted by atomic mass is 10.1. The van der Waals surface area contributed by atoms with Gasteiger partial charge in [-0.3, -0.25) is 4.79 Å². The van der Waals surface area contributed by atoms with Gasteiger partial charge in [-0.05, 0) is 25.3 Å². The van der Waals surface area contributed by atoms with E-state index in [1.54, 1.807) is 0 Å². The minimum Gasteiger partial charge on any atom is -0.352 e. The van der Waals surface area contributed by atoms with Crippen molar-refractivity contribution in [3.05, 3.63) is 92.7 Å². The minimum atomic E-state index is -0.840. The Balaban J connectivity index is 2.17. The number of amides is 1. The predicted octanol–water partition coefficient (Wildman–Crippen LogP) is 0.681. The number of hydrogen-bond donors (Lipinski definition) is 1. The third kappa shape index (κ3) is 5.54. The van der Waals surface area contributed by atoms with Crippen molar-refractivity contribution >= 4 is 5.91 Å². The molecule has 0 bridgehead atoms. The van der Waals surface area contributed by atoms with Gasteiger partial charge >= 0.3 is 17.1 Å². The first kappa shape index (κ1) is 21.9. The molecule has 0 radical (unpaired) electrons. The first-order valence-corrected chi connectivity index (χ1v) is 9.38. The molecule has 2 aromatic rings. The van der Waals surface area contributed by atoms with Gasteiger partial charge in [0, 0.05) is 6.04 Å². The maximum absolute atomic E-state index is 12.5. The minimum absolute atomic E-state index is 0.0653. The molecule has 1 amide bonds. The van der Waals surface area contributed by atoms with Crippen LogP contribution in [-0.4, -0.2) is 25.7 Å². The lowest BCUT2D eigenvalue weighted by molar-refractivity contribution is -0.122. The molecule has 1 heterocycles. The molecule has 0 aliphatic carbocycles. The lowest BCUT2D eigenvalue weighted by Gasteiger charge is -2.15. The number of aromatic nitrogens is 3. The quantitative estimate of drug-likeness (QED) is 0.596. The van der Waals surface area contributed by atoms with E-state index >= 15 is 0 Å². The predicted molar refractivity (Wildman–Crippen MR) is 112 cm³/mol. The zero-order chi connectivity index (χ0) is 21.4. The molecule has 1 atom stereocenters. The van der Waals surface area contributed by atoms with E-state index in [1.807, 2.05) is 37.3 Å². The number of carbonyl (C=O) groups excluding carboxylic acids is 1. The fourth-order valence-corrected chi connectivity index (χ4v) is 2.95. The number of benzene rings is 1.